The topological polar surface area (TPSA) is 37.3 Å². The minimum Gasteiger partial charge on any atom is -0.481 e. The van der Waals surface area contributed by atoms with Gasteiger partial charge in [0.25, 0.3) is 0 Å². The maximum Gasteiger partial charge on any atom is 0.307 e. The molecule has 1 aliphatic rings. The highest BCUT2D eigenvalue weighted by Gasteiger charge is 2.25. The van der Waals surface area contributed by atoms with E-state index in [-0.39, 0.29) is 12.2 Å². The first-order valence-electron chi connectivity index (χ1n) is 7.72. The van der Waals surface area contributed by atoms with Crippen molar-refractivity contribution in [3.63, 3.8) is 0 Å². The van der Waals surface area contributed by atoms with E-state index >= 15 is 0 Å². The second-order valence-electron chi connectivity index (χ2n) is 5.74. The summed E-state index contributed by atoms with van der Waals surface area (Å²) in [7, 11) is 0. The van der Waals surface area contributed by atoms with E-state index in [1.165, 1.54) is 12.1 Å². The van der Waals surface area contributed by atoms with E-state index in [0.29, 0.717) is 11.1 Å². The van der Waals surface area contributed by atoms with Crippen molar-refractivity contribution in [2.75, 3.05) is 6.01 Å². The molecule has 0 saturated heterocycles. The number of fused-ring (bicyclic) bond motifs is 1. The second kappa shape index (κ2) is 7.23. The first-order chi connectivity index (χ1) is 12.0. The number of alkyl halides is 1. The van der Waals surface area contributed by atoms with Crippen LogP contribution in [0.5, 0.6) is 0 Å². The molecule has 128 valence electrons. The molecule has 0 aliphatic heterocycles. The van der Waals surface area contributed by atoms with Crippen LogP contribution in [0.2, 0.25) is 0 Å². The lowest BCUT2D eigenvalue weighted by atomic mass is 10.0. The number of carboxylic acids is 1. The van der Waals surface area contributed by atoms with Crippen molar-refractivity contribution in [1.82, 2.24) is 0 Å². The van der Waals surface area contributed by atoms with Crippen LogP contribution in [0.4, 0.5) is 8.78 Å². The van der Waals surface area contributed by atoms with Crippen LogP contribution in [-0.4, -0.2) is 17.1 Å². The molecule has 0 spiro atoms. The van der Waals surface area contributed by atoms with Crippen LogP contribution >= 0.6 is 11.8 Å². The minimum absolute atomic E-state index is 0.147. The predicted molar refractivity (Wildman–Crippen MR) is 97.4 cm³/mol. The number of benzene rings is 2. The number of thioether (sulfide) groups is 1. The molecular weight excluding hydrogens is 342 g/mol. The fourth-order valence-corrected chi connectivity index (χ4v) is 3.48. The van der Waals surface area contributed by atoms with E-state index in [1.807, 2.05) is 37.3 Å². The molecular formula is C20H16F2O2S. The van der Waals surface area contributed by atoms with Gasteiger partial charge in [0.2, 0.25) is 0 Å². The molecule has 0 heterocycles. The van der Waals surface area contributed by atoms with Gasteiger partial charge < -0.3 is 5.11 Å². The molecule has 2 aromatic carbocycles. The van der Waals surface area contributed by atoms with Crippen LogP contribution in [0.1, 0.15) is 30.0 Å². The zero-order valence-corrected chi connectivity index (χ0v) is 14.4. The summed E-state index contributed by atoms with van der Waals surface area (Å²) in [6, 6.07) is 11.4. The molecule has 0 unspecified atom stereocenters. The number of carbonyl (C=O) groups is 1. The second-order valence-corrected chi connectivity index (χ2v) is 6.72. The van der Waals surface area contributed by atoms with Gasteiger partial charge in [-0.15, -0.1) is 0 Å². The van der Waals surface area contributed by atoms with Crippen LogP contribution in [0.3, 0.4) is 0 Å². The summed E-state index contributed by atoms with van der Waals surface area (Å²) in [6.45, 7) is 1.86. The molecule has 5 heteroatoms. The Bertz CT molecular complexity index is 883. The molecule has 25 heavy (non-hydrogen) atoms. The van der Waals surface area contributed by atoms with Gasteiger partial charge in [-0.25, -0.2) is 8.78 Å². The van der Waals surface area contributed by atoms with E-state index in [2.05, 4.69) is 0 Å². The lowest BCUT2D eigenvalue weighted by molar-refractivity contribution is -0.135. The number of aliphatic carboxylic acids is 1. The van der Waals surface area contributed by atoms with E-state index in [1.54, 1.807) is 6.07 Å². The summed E-state index contributed by atoms with van der Waals surface area (Å²) in [5.74, 6) is -1.33. The molecule has 0 atom stereocenters. The number of allylic oxidation sites excluding steroid dienone is 2. The van der Waals surface area contributed by atoms with Gasteiger partial charge in [0.05, 0.1) is 6.42 Å². The number of rotatable bonds is 5. The van der Waals surface area contributed by atoms with Gasteiger partial charge in [0.15, 0.2) is 0 Å². The SMILES string of the molecule is CC1=C(CC(=O)O)c2cc(F)ccc2/C1=C\c1ccc(SCF)cc1. The maximum absolute atomic E-state index is 13.6. The van der Waals surface area contributed by atoms with Crippen molar-refractivity contribution in [2.24, 2.45) is 0 Å². The Labute approximate surface area is 148 Å². The van der Waals surface area contributed by atoms with Crippen molar-refractivity contribution in [2.45, 2.75) is 18.2 Å². The van der Waals surface area contributed by atoms with Gasteiger partial charge in [-0.3, -0.25) is 4.79 Å². The molecule has 1 aliphatic carbocycles. The van der Waals surface area contributed by atoms with Crippen molar-refractivity contribution >= 4 is 35.0 Å². The Morgan fingerprint density at radius 1 is 1.16 bits per heavy atom. The van der Waals surface area contributed by atoms with E-state index in [0.717, 1.165) is 38.9 Å². The summed E-state index contributed by atoms with van der Waals surface area (Å²) >= 11 is 1.12. The largest absolute Gasteiger partial charge is 0.481 e. The zero-order chi connectivity index (χ0) is 18.0. The Balaban J connectivity index is 2.06. The monoisotopic (exact) mass is 358 g/mol. The Morgan fingerprint density at radius 2 is 1.88 bits per heavy atom. The van der Waals surface area contributed by atoms with Crippen molar-refractivity contribution in [3.8, 4) is 0 Å². The average Bonchev–Trinajstić information content (AvgIpc) is 2.81. The maximum atomic E-state index is 13.6. The summed E-state index contributed by atoms with van der Waals surface area (Å²) in [5, 5.41) is 9.16. The van der Waals surface area contributed by atoms with E-state index in [9.17, 15) is 13.6 Å². The Morgan fingerprint density at radius 3 is 2.52 bits per heavy atom. The average molecular weight is 358 g/mol. The lowest BCUT2D eigenvalue weighted by Crippen LogP contribution is -1.97. The quantitative estimate of drug-likeness (QED) is 0.702. The standard InChI is InChI=1S/C20H16F2O2S/c1-12-17(8-13-2-5-15(6-3-13)25-11-21)16-7-4-14(22)9-19(16)18(12)10-20(23)24/h2-9H,10-11H2,1H3,(H,23,24)/b17-8-. The van der Waals surface area contributed by atoms with Crippen LogP contribution < -0.4 is 0 Å². The van der Waals surface area contributed by atoms with Gasteiger partial charge in [-0.05, 0) is 70.7 Å². The van der Waals surface area contributed by atoms with Gasteiger partial charge in [-0.2, -0.15) is 0 Å². The highest BCUT2D eigenvalue weighted by atomic mass is 32.2. The van der Waals surface area contributed by atoms with Crippen molar-refractivity contribution in [1.29, 1.82) is 0 Å². The Kier molecular flexibility index (Phi) is 5.04. The fraction of sp³-hybridized carbons (Fsp3) is 0.150. The normalized spacial score (nSPS) is 14.9. The molecule has 3 rings (SSSR count). The third kappa shape index (κ3) is 3.66. The first-order valence-corrected chi connectivity index (χ1v) is 8.71. The van der Waals surface area contributed by atoms with Crippen LogP contribution in [-0.2, 0) is 4.79 Å². The smallest absolute Gasteiger partial charge is 0.307 e. The first kappa shape index (κ1) is 17.4. The van der Waals surface area contributed by atoms with E-state index in [4.69, 9.17) is 5.11 Å². The summed E-state index contributed by atoms with van der Waals surface area (Å²) < 4.78 is 26.0. The van der Waals surface area contributed by atoms with Crippen LogP contribution in [0, 0.1) is 5.82 Å². The third-order valence-corrected chi connectivity index (χ3v) is 4.91. The molecule has 0 saturated carbocycles. The molecule has 0 aromatic heterocycles. The summed E-state index contributed by atoms with van der Waals surface area (Å²) in [5.41, 5.74) is 4.75. The summed E-state index contributed by atoms with van der Waals surface area (Å²) in [4.78, 5) is 12.0. The molecule has 0 fully saturated rings. The number of carboxylic acid groups (broad SMARTS) is 1. The third-order valence-electron chi connectivity index (χ3n) is 4.19. The molecule has 0 radical (unpaired) electrons. The number of hydrogen-bond donors (Lipinski definition) is 1. The predicted octanol–water partition coefficient (Wildman–Crippen LogP) is 5.65. The molecule has 0 bridgehead atoms. The number of hydrogen-bond acceptors (Lipinski definition) is 2. The van der Waals surface area contributed by atoms with Crippen molar-refractivity contribution in [3.05, 3.63) is 70.5 Å². The molecule has 1 N–H and O–H groups in total. The summed E-state index contributed by atoms with van der Waals surface area (Å²) in [6.07, 6.45) is 1.80. The molecule has 2 nitrogen and oxygen atoms in total. The zero-order valence-electron chi connectivity index (χ0n) is 13.6. The van der Waals surface area contributed by atoms with Gasteiger partial charge in [-0.1, -0.05) is 30.0 Å². The van der Waals surface area contributed by atoms with Crippen molar-refractivity contribution < 1.29 is 18.7 Å². The van der Waals surface area contributed by atoms with Crippen LogP contribution in [0.15, 0.2) is 52.9 Å². The Hall–Kier alpha value is -2.40. The highest BCUT2D eigenvalue weighted by molar-refractivity contribution is 7.99. The van der Waals surface area contributed by atoms with E-state index < -0.39 is 12.0 Å². The lowest BCUT2D eigenvalue weighted by Gasteiger charge is -2.05. The fourth-order valence-electron chi connectivity index (χ4n) is 3.02. The highest BCUT2D eigenvalue weighted by Crippen LogP contribution is 2.43. The van der Waals surface area contributed by atoms with Gasteiger partial charge in [0.1, 0.15) is 11.8 Å². The molecule has 0 amide bonds. The van der Waals surface area contributed by atoms with Gasteiger partial charge in [0, 0.05) is 4.90 Å². The minimum atomic E-state index is -0.946. The van der Waals surface area contributed by atoms with Gasteiger partial charge >= 0.3 is 5.97 Å². The molecule has 2 aromatic rings. The number of halogens is 2. The van der Waals surface area contributed by atoms with Crippen LogP contribution in [0.25, 0.3) is 17.2 Å².